The molecule has 0 aliphatic carbocycles. The van der Waals surface area contributed by atoms with Crippen LogP contribution in [0.15, 0.2) is 12.2 Å². The predicted octanol–water partition coefficient (Wildman–Crippen LogP) is -0.182. The van der Waals surface area contributed by atoms with Gasteiger partial charge in [0.2, 0.25) is 0 Å². The average molecular weight is 124 g/mol. The first-order valence-electron chi connectivity index (χ1n) is 2.93. The molecule has 0 spiro atoms. The minimum Gasteiger partial charge on any atom is -0.393 e. The normalized spacial score (nSPS) is 35.4. The molecule has 2 nitrogen and oxygen atoms in total. The molecular weight excluding hydrogens is 115 g/mol. The lowest BCUT2D eigenvalue weighted by molar-refractivity contribution is 0.0552. The summed E-state index contributed by atoms with van der Waals surface area (Å²) >= 11 is 0. The molecule has 1 aliphatic heterocycles. The minimum absolute atomic E-state index is 0.00741. The van der Waals surface area contributed by atoms with E-state index in [-0.39, 0.29) is 18.7 Å². The molecule has 0 amide bonds. The fourth-order valence-electron chi connectivity index (χ4n) is 0.917. The van der Waals surface area contributed by atoms with Crippen molar-refractivity contribution < 1.29 is 9.84 Å². The lowest BCUT2D eigenvalue weighted by Gasteiger charge is -2.06. The van der Waals surface area contributed by atoms with Crippen molar-refractivity contribution in [3.05, 3.63) is 12.2 Å². The number of hydrogen-bond donors (Lipinski definition) is 1. The first-order valence-corrected chi connectivity index (χ1v) is 2.93. The van der Waals surface area contributed by atoms with Crippen molar-refractivity contribution in [3.63, 3.8) is 0 Å². The van der Waals surface area contributed by atoms with Crippen LogP contribution in [-0.4, -0.2) is 31.7 Å². The molecule has 1 N–H and O–H groups in total. The lowest BCUT2D eigenvalue weighted by atomic mass is 9.95. The van der Waals surface area contributed by atoms with Crippen LogP contribution in [0.25, 0.3) is 0 Å². The Hall–Kier alpha value is -0.275. The van der Waals surface area contributed by atoms with Crippen LogP contribution in [0.5, 0.6) is 0 Å². The Labute approximate surface area is 55.9 Å². The second-order valence-corrected chi connectivity index (χ2v) is 2.21. The highest BCUT2D eigenvalue weighted by Crippen LogP contribution is 2.21. The van der Waals surface area contributed by atoms with E-state index in [1.54, 1.807) is 0 Å². The maximum Gasteiger partial charge on any atom is 0.109 e. The van der Waals surface area contributed by atoms with E-state index in [9.17, 15) is 0 Å². The number of hydrogen-bond acceptors (Lipinski definition) is 2. The molecule has 3 heteroatoms. The summed E-state index contributed by atoms with van der Waals surface area (Å²) in [5, 5.41) is 8.61. The van der Waals surface area contributed by atoms with E-state index in [0.717, 1.165) is 5.57 Å². The Morgan fingerprint density at radius 3 is 2.78 bits per heavy atom. The topological polar surface area (TPSA) is 29.5 Å². The van der Waals surface area contributed by atoms with Gasteiger partial charge in [-0.3, -0.25) is 0 Å². The molecule has 2 radical (unpaired) electrons. The SMILES string of the molecule is [B][C@@H]1CC(=C)[C@H](CO)O1. The van der Waals surface area contributed by atoms with Gasteiger partial charge >= 0.3 is 0 Å². The van der Waals surface area contributed by atoms with Crippen LogP contribution in [0.1, 0.15) is 6.42 Å². The largest absolute Gasteiger partial charge is 0.393 e. The third kappa shape index (κ3) is 1.34. The maximum atomic E-state index is 8.61. The van der Waals surface area contributed by atoms with Crippen LogP contribution >= 0.6 is 0 Å². The second kappa shape index (κ2) is 2.54. The Kier molecular flexibility index (Phi) is 1.93. The molecule has 1 heterocycles. The van der Waals surface area contributed by atoms with Crippen LogP contribution in [0, 0.1) is 0 Å². The van der Waals surface area contributed by atoms with Gasteiger partial charge in [0.05, 0.1) is 6.61 Å². The summed E-state index contributed by atoms with van der Waals surface area (Å²) in [6.07, 6.45) is 0.450. The van der Waals surface area contributed by atoms with Crippen LogP contribution in [0.3, 0.4) is 0 Å². The Morgan fingerprint density at radius 1 is 1.89 bits per heavy atom. The van der Waals surface area contributed by atoms with Gasteiger partial charge in [0, 0.05) is 6.00 Å². The molecule has 1 saturated heterocycles. The van der Waals surface area contributed by atoms with Crippen molar-refractivity contribution in [2.75, 3.05) is 6.61 Å². The van der Waals surface area contributed by atoms with Gasteiger partial charge < -0.3 is 9.84 Å². The van der Waals surface area contributed by atoms with E-state index in [0.29, 0.717) is 6.42 Å². The quantitative estimate of drug-likeness (QED) is 0.388. The van der Waals surface area contributed by atoms with Crippen molar-refractivity contribution in [1.82, 2.24) is 0 Å². The van der Waals surface area contributed by atoms with Gasteiger partial charge in [-0.25, -0.2) is 0 Å². The fraction of sp³-hybridized carbons (Fsp3) is 0.667. The second-order valence-electron chi connectivity index (χ2n) is 2.21. The molecule has 0 saturated carbocycles. The van der Waals surface area contributed by atoms with Crippen molar-refractivity contribution in [2.24, 2.45) is 0 Å². The van der Waals surface area contributed by atoms with Crippen LogP contribution in [0.2, 0.25) is 0 Å². The summed E-state index contributed by atoms with van der Waals surface area (Å²) in [6.45, 7) is 3.68. The van der Waals surface area contributed by atoms with Gasteiger partial charge in [0.25, 0.3) is 0 Å². The molecule has 0 aromatic carbocycles. The lowest BCUT2D eigenvalue weighted by Crippen LogP contribution is -2.14. The summed E-state index contributed by atoms with van der Waals surface area (Å²) in [7, 11) is 5.40. The van der Waals surface area contributed by atoms with E-state index in [2.05, 4.69) is 6.58 Å². The molecule has 9 heavy (non-hydrogen) atoms. The number of aliphatic hydroxyl groups excluding tert-OH is 1. The third-order valence-corrected chi connectivity index (χ3v) is 1.42. The summed E-state index contributed by atoms with van der Waals surface area (Å²) < 4.78 is 5.05. The van der Waals surface area contributed by atoms with Crippen molar-refractivity contribution >= 4 is 7.85 Å². The third-order valence-electron chi connectivity index (χ3n) is 1.42. The van der Waals surface area contributed by atoms with Crippen molar-refractivity contribution in [2.45, 2.75) is 18.5 Å². The Bertz CT molecular complexity index is 124. The van der Waals surface area contributed by atoms with E-state index in [1.807, 2.05) is 0 Å². The van der Waals surface area contributed by atoms with Gasteiger partial charge in [0.15, 0.2) is 0 Å². The van der Waals surface area contributed by atoms with Crippen molar-refractivity contribution in [3.8, 4) is 0 Å². The van der Waals surface area contributed by atoms with E-state index >= 15 is 0 Å². The first kappa shape index (κ1) is 6.84. The molecule has 0 aromatic rings. The highest BCUT2D eigenvalue weighted by atomic mass is 16.5. The minimum atomic E-state index is -0.255. The number of aliphatic hydroxyl groups is 1. The smallest absolute Gasteiger partial charge is 0.109 e. The van der Waals surface area contributed by atoms with Crippen molar-refractivity contribution in [1.29, 1.82) is 0 Å². The maximum absolute atomic E-state index is 8.61. The standard InChI is InChI=1S/C6H9BO2/c1-4-2-6(7)9-5(4)3-8/h5-6,8H,1-3H2/t5-,6-/m0/s1. The fourth-order valence-corrected chi connectivity index (χ4v) is 0.917. The van der Waals surface area contributed by atoms with Gasteiger partial charge in [-0.2, -0.15) is 0 Å². The van der Waals surface area contributed by atoms with Crippen LogP contribution < -0.4 is 0 Å². The molecule has 0 aromatic heterocycles. The average Bonchev–Trinajstić information content (AvgIpc) is 2.10. The van der Waals surface area contributed by atoms with Gasteiger partial charge in [-0.1, -0.05) is 6.58 Å². The van der Waals surface area contributed by atoms with Gasteiger partial charge in [-0.15, -0.1) is 0 Å². The number of rotatable bonds is 1. The summed E-state index contributed by atoms with van der Waals surface area (Å²) in [6, 6.07) is -0.255. The van der Waals surface area contributed by atoms with Gasteiger partial charge in [0.1, 0.15) is 14.0 Å². The molecule has 0 bridgehead atoms. The summed E-state index contributed by atoms with van der Waals surface area (Å²) in [5.41, 5.74) is 0.894. The first-order chi connectivity index (χ1) is 4.24. The Balaban J connectivity index is 2.48. The molecule has 1 rings (SSSR count). The molecule has 1 aliphatic rings. The Morgan fingerprint density at radius 2 is 2.56 bits per heavy atom. The van der Waals surface area contributed by atoms with E-state index in [4.69, 9.17) is 17.7 Å². The van der Waals surface area contributed by atoms with E-state index in [1.165, 1.54) is 0 Å². The zero-order valence-corrected chi connectivity index (χ0v) is 5.21. The van der Waals surface area contributed by atoms with Gasteiger partial charge in [-0.05, 0) is 12.0 Å². The molecule has 48 valence electrons. The zero-order valence-electron chi connectivity index (χ0n) is 5.21. The highest BCUT2D eigenvalue weighted by molar-refractivity contribution is 6.11. The predicted molar refractivity (Wildman–Crippen MR) is 35.3 cm³/mol. The summed E-state index contributed by atoms with van der Waals surface area (Å²) in [4.78, 5) is 0. The van der Waals surface area contributed by atoms with Crippen LogP contribution in [0.4, 0.5) is 0 Å². The molecule has 0 unspecified atom stereocenters. The number of ether oxygens (including phenoxy) is 1. The monoisotopic (exact) mass is 124 g/mol. The molecular formula is C6H9BO2. The highest BCUT2D eigenvalue weighted by Gasteiger charge is 2.23. The molecule has 2 atom stereocenters. The summed E-state index contributed by atoms with van der Waals surface area (Å²) in [5.74, 6) is 0. The van der Waals surface area contributed by atoms with Crippen LogP contribution in [-0.2, 0) is 4.74 Å². The zero-order chi connectivity index (χ0) is 6.85. The van der Waals surface area contributed by atoms with E-state index < -0.39 is 0 Å². The molecule has 1 fully saturated rings.